The number of carbonyl (C=O) groups is 2. The summed E-state index contributed by atoms with van der Waals surface area (Å²) in [4.78, 5) is 21.5. The third-order valence-corrected chi connectivity index (χ3v) is 1.79. The van der Waals surface area contributed by atoms with Crippen molar-refractivity contribution in [1.29, 1.82) is 5.26 Å². The van der Waals surface area contributed by atoms with Crippen LogP contribution in [0.1, 0.15) is 26.3 Å². The van der Waals surface area contributed by atoms with Crippen molar-refractivity contribution >= 4 is 12.3 Å². The highest BCUT2D eigenvalue weighted by Crippen LogP contribution is 2.15. The number of aldehydes is 1. The van der Waals surface area contributed by atoms with Gasteiger partial charge in [0, 0.05) is 0 Å². The van der Waals surface area contributed by atoms with E-state index in [0.717, 1.165) is 19.2 Å². The van der Waals surface area contributed by atoms with Crippen LogP contribution in [0.3, 0.4) is 0 Å². The minimum Gasteiger partial charge on any atom is -0.465 e. The Labute approximate surface area is 84.9 Å². The minimum absolute atomic E-state index is 0.0999. The number of benzene rings is 1. The van der Waals surface area contributed by atoms with Crippen LogP contribution in [0.2, 0.25) is 0 Å². The standard InChI is InChI=1S/C10H6FNO3/c1-15-10(14)6-2-7(4-12)8(5-13)9(11)3-6/h2-3,5H,1H3. The van der Waals surface area contributed by atoms with Crippen LogP contribution in [0, 0.1) is 17.1 Å². The smallest absolute Gasteiger partial charge is 0.337 e. The van der Waals surface area contributed by atoms with Gasteiger partial charge in [-0.3, -0.25) is 4.79 Å². The summed E-state index contributed by atoms with van der Waals surface area (Å²) in [7, 11) is 1.14. The van der Waals surface area contributed by atoms with Crippen molar-refractivity contribution in [2.24, 2.45) is 0 Å². The monoisotopic (exact) mass is 207 g/mol. The van der Waals surface area contributed by atoms with Crippen LogP contribution in [-0.2, 0) is 4.74 Å². The van der Waals surface area contributed by atoms with Gasteiger partial charge in [-0.1, -0.05) is 0 Å². The number of hydrogen-bond acceptors (Lipinski definition) is 4. The van der Waals surface area contributed by atoms with Crippen LogP contribution in [-0.4, -0.2) is 19.4 Å². The van der Waals surface area contributed by atoms with Gasteiger partial charge in [0.25, 0.3) is 0 Å². The first kappa shape index (κ1) is 10.9. The predicted molar refractivity (Wildman–Crippen MR) is 47.8 cm³/mol. The van der Waals surface area contributed by atoms with E-state index in [1.165, 1.54) is 0 Å². The summed E-state index contributed by atoms with van der Waals surface area (Å²) in [6.07, 6.45) is 0.231. The fraction of sp³-hybridized carbons (Fsp3) is 0.100. The summed E-state index contributed by atoms with van der Waals surface area (Å²) in [5, 5.41) is 8.63. The van der Waals surface area contributed by atoms with E-state index in [9.17, 15) is 14.0 Å². The number of halogens is 1. The molecule has 0 heterocycles. The number of nitrogens with zero attached hydrogens (tertiary/aromatic N) is 1. The van der Waals surface area contributed by atoms with E-state index in [0.29, 0.717) is 0 Å². The molecular weight excluding hydrogens is 201 g/mol. The molecule has 0 aliphatic rings. The van der Waals surface area contributed by atoms with Crippen molar-refractivity contribution in [2.45, 2.75) is 0 Å². The fourth-order valence-electron chi connectivity index (χ4n) is 1.07. The van der Waals surface area contributed by atoms with Gasteiger partial charge in [-0.25, -0.2) is 9.18 Å². The highest BCUT2D eigenvalue weighted by Gasteiger charge is 2.14. The lowest BCUT2D eigenvalue weighted by Gasteiger charge is -2.02. The first-order valence-corrected chi connectivity index (χ1v) is 3.91. The number of methoxy groups -OCH3 is 1. The summed E-state index contributed by atoms with van der Waals surface area (Å²) in [6.45, 7) is 0. The van der Waals surface area contributed by atoms with E-state index in [1.54, 1.807) is 6.07 Å². The molecule has 0 saturated heterocycles. The lowest BCUT2D eigenvalue weighted by Crippen LogP contribution is -2.05. The molecule has 0 amide bonds. The summed E-state index contributed by atoms with van der Waals surface area (Å²) < 4.78 is 17.6. The van der Waals surface area contributed by atoms with E-state index < -0.39 is 11.8 Å². The maximum atomic E-state index is 13.2. The van der Waals surface area contributed by atoms with E-state index in [1.807, 2.05) is 0 Å². The largest absolute Gasteiger partial charge is 0.465 e. The molecular formula is C10H6FNO3. The van der Waals surface area contributed by atoms with Crippen LogP contribution < -0.4 is 0 Å². The Hall–Kier alpha value is -2.22. The SMILES string of the molecule is COC(=O)c1cc(F)c(C=O)c(C#N)c1. The second-order valence-corrected chi connectivity index (χ2v) is 2.64. The van der Waals surface area contributed by atoms with Crippen LogP contribution in [0.5, 0.6) is 0 Å². The Balaban J connectivity index is 3.40. The number of ether oxygens (including phenoxy) is 1. The number of rotatable bonds is 2. The molecule has 0 aliphatic heterocycles. The predicted octanol–water partition coefficient (Wildman–Crippen LogP) is 1.30. The Morgan fingerprint density at radius 1 is 1.60 bits per heavy atom. The molecule has 0 radical (unpaired) electrons. The number of nitriles is 1. The molecule has 0 fully saturated rings. The van der Waals surface area contributed by atoms with Crippen molar-refractivity contribution in [1.82, 2.24) is 0 Å². The second-order valence-electron chi connectivity index (χ2n) is 2.64. The zero-order chi connectivity index (χ0) is 11.4. The summed E-state index contributed by atoms with van der Waals surface area (Å²) in [6, 6.07) is 3.59. The molecule has 1 aromatic carbocycles. The average molecular weight is 207 g/mol. The molecule has 76 valence electrons. The highest BCUT2D eigenvalue weighted by molar-refractivity contribution is 5.91. The number of esters is 1. The molecule has 0 bridgehead atoms. The van der Waals surface area contributed by atoms with Crippen molar-refractivity contribution in [2.75, 3.05) is 7.11 Å². The topological polar surface area (TPSA) is 67.2 Å². The first-order chi connectivity index (χ1) is 7.13. The van der Waals surface area contributed by atoms with Gasteiger partial charge in [-0.05, 0) is 12.1 Å². The lowest BCUT2D eigenvalue weighted by atomic mass is 10.1. The van der Waals surface area contributed by atoms with Crippen molar-refractivity contribution in [3.63, 3.8) is 0 Å². The molecule has 5 heteroatoms. The molecule has 0 unspecified atom stereocenters. The van der Waals surface area contributed by atoms with Crippen molar-refractivity contribution < 1.29 is 18.7 Å². The summed E-state index contributed by atoms with van der Waals surface area (Å²) in [5.41, 5.74) is -0.646. The lowest BCUT2D eigenvalue weighted by molar-refractivity contribution is 0.0600. The number of carbonyl (C=O) groups excluding carboxylic acids is 2. The minimum atomic E-state index is -0.913. The van der Waals surface area contributed by atoms with Gasteiger partial charge >= 0.3 is 5.97 Å². The highest BCUT2D eigenvalue weighted by atomic mass is 19.1. The zero-order valence-electron chi connectivity index (χ0n) is 7.78. The van der Waals surface area contributed by atoms with Crippen LogP contribution in [0.15, 0.2) is 12.1 Å². The molecule has 1 aromatic rings. The Morgan fingerprint density at radius 3 is 2.73 bits per heavy atom. The maximum absolute atomic E-state index is 13.2. The molecule has 0 N–H and O–H groups in total. The quantitative estimate of drug-likeness (QED) is 0.541. The fourth-order valence-corrected chi connectivity index (χ4v) is 1.07. The molecule has 0 aliphatic carbocycles. The van der Waals surface area contributed by atoms with Gasteiger partial charge in [0.15, 0.2) is 6.29 Å². The third-order valence-electron chi connectivity index (χ3n) is 1.79. The summed E-state index contributed by atoms with van der Waals surface area (Å²) in [5.74, 6) is -1.67. The van der Waals surface area contributed by atoms with Gasteiger partial charge in [-0.2, -0.15) is 5.26 Å². The molecule has 15 heavy (non-hydrogen) atoms. The Kier molecular flexibility index (Phi) is 3.13. The molecule has 0 atom stereocenters. The molecule has 0 saturated carbocycles. The van der Waals surface area contributed by atoms with E-state index >= 15 is 0 Å². The average Bonchev–Trinajstić information content (AvgIpc) is 2.26. The van der Waals surface area contributed by atoms with Crippen molar-refractivity contribution in [3.05, 3.63) is 34.6 Å². The van der Waals surface area contributed by atoms with Gasteiger partial charge in [0.1, 0.15) is 11.9 Å². The van der Waals surface area contributed by atoms with Gasteiger partial charge in [0.2, 0.25) is 0 Å². The first-order valence-electron chi connectivity index (χ1n) is 3.91. The molecule has 0 aromatic heterocycles. The van der Waals surface area contributed by atoms with Crippen LogP contribution in [0.4, 0.5) is 4.39 Å². The van der Waals surface area contributed by atoms with Gasteiger partial charge < -0.3 is 4.74 Å². The normalized spacial score (nSPS) is 9.13. The van der Waals surface area contributed by atoms with Crippen LogP contribution >= 0.6 is 0 Å². The van der Waals surface area contributed by atoms with Gasteiger partial charge in [-0.15, -0.1) is 0 Å². The van der Waals surface area contributed by atoms with E-state index in [2.05, 4.69) is 4.74 Å². The molecule has 0 spiro atoms. The molecule has 1 rings (SSSR count). The third kappa shape index (κ3) is 1.99. The zero-order valence-corrected chi connectivity index (χ0v) is 7.78. The second kappa shape index (κ2) is 4.33. The van der Waals surface area contributed by atoms with Crippen LogP contribution in [0.25, 0.3) is 0 Å². The van der Waals surface area contributed by atoms with E-state index in [4.69, 9.17) is 5.26 Å². The number of hydrogen-bond donors (Lipinski definition) is 0. The molecule has 4 nitrogen and oxygen atoms in total. The maximum Gasteiger partial charge on any atom is 0.337 e. The summed E-state index contributed by atoms with van der Waals surface area (Å²) >= 11 is 0. The van der Waals surface area contributed by atoms with Crippen molar-refractivity contribution in [3.8, 4) is 6.07 Å². The Bertz CT molecular complexity index is 462. The van der Waals surface area contributed by atoms with Gasteiger partial charge in [0.05, 0.1) is 23.8 Å². The van der Waals surface area contributed by atoms with E-state index in [-0.39, 0.29) is 23.0 Å². The Morgan fingerprint density at radius 2 is 2.27 bits per heavy atom.